The second kappa shape index (κ2) is 3.06. The molecule has 1 heterocycles. The van der Waals surface area contributed by atoms with Crippen molar-refractivity contribution in [3.63, 3.8) is 0 Å². The molecule has 1 N–H and O–H groups in total. The molecule has 2 aromatic rings. The van der Waals surface area contributed by atoms with Crippen LogP contribution in [-0.4, -0.2) is 4.98 Å². The lowest BCUT2D eigenvalue weighted by Crippen LogP contribution is -2.06. The summed E-state index contributed by atoms with van der Waals surface area (Å²) in [6.45, 7) is 0. The fraction of sp³-hybridized carbons (Fsp3) is 0. The number of benzene rings is 1. The number of aromatic nitrogens is 1. The summed E-state index contributed by atoms with van der Waals surface area (Å²) in [7, 11) is 0. The molecule has 0 atom stereocenters. The van der Waals surface area contributed by atoms with Gasteiger partial charge in [0, 0.05) is 6.20 Å². The molecule has 0 aliphatic heterocycles. The van der Waals surface area contributed by atoms with Crippen LogP contribution in [0.1, 0.15) is 0 Å². The Morgan fingerprint density at radius 2 is 1.86 bits per heavy atom. The lowest BCUT2D eigenvalue weighted by molar-refractivity contribution is 0.615. The largest absolute Gasteiger partial charge is 0.357 e. The van der Waals surface area contributed by atoms with Gasteiger partial charge in [0.2, 0.25) is 5.43 Å². The van der Waals surface area contributed by atoms with Crippen molar-refractivity contribution >= 4 is 22.5 Å². The predicted octanol–water partition coefficient (Wildman–Crippen LogP) is 2.46. The van der Waals surface area contributed by atoms with Crippen LogP contribution < -0.4 is 5.43 Å². The first-order valence-corrected chi connectivity index (χ1v) is 4.14. The number of pyridine rings is 1. The average molecular weight is 216 g/mol. The summed E-state index contributed by atoms with van der Waals surface area (Å²) in [5.74, 6) is -1.47. The third-order valence-corrected chi connectivity index (χ3v) is 2.17. The zero-order valence-electron chi connectivity index (χ0n) is 6.77. The van der Waals surface area contributed by atoms with Gasteiger partial charge in [0.25, 0.3) is 0 Å². The monoisotopic (exact) mass is 215 g/mol. The summed E-state index contributed by atoms with van der Waals surface area (Å²) < 4.78 is 26.3. The standard InChI is InChI=1S/C9H4ClF2NO/c10-4-3-13-8-6(12)2-1-5(11)7(8)9(4)14/h1-3H,(H,13,14). The topological polar surface area (TPSA) is 32.9 Å². The highest BCUT2D eigenvalue weighted by atomic mass is 35.5. The molecule has 5 heteroatoms. The molecular formula is C9H4ClF2NO. The second-order valence-electron chi connectivity index (χ2n) is 2.74. The van der Waals surface area contributed by atoms with Crippen molar-refractivity contribution in [2.75, 3.05) is 0 Å². The number of nitrogens with one attached hydrogen (secondary N) is 1. The quantitative estimate of drug-likeness (QED) is 0.720. The number of halogens is 3. The van der Waals surface area contributed by atoms with Crippen molar-refractivity contribution < 1.29 is 8.78 Å². The fourth-order valence-corrected chi connectivity index (χ4v) is 1.38. The van der Waals surface area contributed by atoms with Crippen LogP contribution in [0.4, 0.5) is 8.78 Å². The maximum atomic E-state index is 13.2. The Morgan fingerprint density at radius 1 is 1.21 bits per heavy atom. The highest BCUT2D eigenvalue weighted by Gasteiger charge is 2.11. The molecule has 0 saturated heterocycles. The van der Waals surface area contributed by atoms with Gasteiger partial charge in [0.05, 0.1) is 10.9 Å². The van der Waals surface area contributed by atoms with Crippen LogP contribution in [0.15, 0.2) is 23.1 Å². The van der Waals surface area contributed by atoms with Crippen LogP contribution in [0, 0.1) is 11.6 Å². The zero-order valence-corrected chi connectivity index (χ0v) is 7.53. The summed E-state index contributed by atoms with van der Waals surface area (Å²) in [5, 5.41) is -0.514. The van der Waals surface area contributed by atoms with Gasteiger partial charge in [-0.3, -0.25) is 4.79 Å². The lowest BCUT2D eigenvalue weighted by atomic mass is 10.2. The first-order chi connectivity index (χ1) is 6.61. The van der Waals surface area contributed by atoms with Crippen LogP contribution in [0.2, 0.25) is 5.02 Å². The van der Waals surface area contributed by atoms with Crippen molar-refractivity contribution in [1.29, 1.82) is 0 Å². The molecule has 2 rings (SSSR count). The van der Waals surface area contributed by atoms with Gasteiger partial charge in [0.1, 0.15) is 16.7 Å². The van der Waals surface area contributed by atoms with Crippen molar-refractivity contribution in [3.8, 4) is 0 Å². The Labute approximate surface area is 82.1 Å². The van der Waals surface area contributed by atoms with Crippen LogP contribution >= 0.6 is 11.6 Å². The molecule has 0 unspecified atom stereocenters. The Morgan fingerprint density at radius 3 is 2.57 bits per heavy atom. The van der Waals surface area contributed by atoms with Gasteiger partial charge in [0.15, 0.2) is 0 Å². The second-order valence-corrected chi connectivity index (χ2v) is 3.15. The molecule has 0 aliphatic rings. The third-order valence-electron chi connectivity index (χ3n) is 1.89. The van der Waals surface area contributed by atoms with Crippen LogP contribution in [0.5, 0.6) is 0 Å². The lowest BCUT2D eigenvalue weighted by Gasteiger charge is -2.00. The van der Waals surface area contributed by atoms with E-state index in [0.717, 1.165) is 18.3 Å². The summed E-state index contributed by atoms with van der Waals surface area (Å²) in [5.41, 5.74) is -0.878. The maximum absolute atomic E-state index is 13.2. The van der Waals surface area contributed by atoms with Crippen molar-refractivity contribution in [3.05, 3.63) is 45.2 Å². The fourth-order valence-electron chi connectivity index (χ4n) is 1.24. The van der Waals surface area contributed by atoms with E-state index in [4.69, 9.17) is 11.6 Å². The number of hydrogen-bond donors (Lipinski definition) is 1. The van der Waals surface area contributed by atoms with E-state index in [1.165, 1.54) is 0 Å². The van der Waals surface area contributed by atoms with E-state index in [9.17, 15) is 13.6 Å². The Balaban J connectivity index is 3.09. The van der Waals surface area contributed by atoms with Gasteiger partial charge in [-0.2, -0.15) is 0 Å². The summed E-state index contributed by atoms with van der Waals surface area (Å²) in [6, 6.07) is 1.84. The van der Waals surface area contributed by atoms with E-state index in [0.29, 0.717) is 0 Å². The molecule has 1 aromatic heterocycles. The molecule has 0 radical (unpaired) electrons. The van der Waals surface area contributed by atoms with Crippen LogP contribution in [0.3, 0.4) is 0 Å². The molecule has 0 amide bonds. The van der Waals surface area contributed by atoms with Crippen molar-refractivity contribution in [2.45, 2.75) is 0 Å². The molecule has 14 heavy (non-hydrogen) atoms. The molecule has 0 saturated carbocycles. The van der Waals surface area contributed by atoms with Crippen LogP contribution in [0.25, 0.3) is 10.9 Å². The first-order valence-electron chi connectivity index (χ1n) is 3.76. The zero-order chi connectivity index (χ0) is 10.3. The Kier molecular flexibility index (Phi) is 2.00. The minimum atomic E-state index is -0.787. The van der Waals surface area contributed by atoms with Gasteiger partial charge in [-0.15, -0.1) is 0 Å². The average Bonchev–Trinajstić information content (AvgIpc) is 2.16. The Hall–Kier alpha value is -1.42. The highest BCUT2D eigenvalue weighted by molar-refractivity contribution is 6.31. The smallest absolute Gasteiger partial charge is 0.211 e. The molecule has 0 spiro atoms. The van der Waals surface area contributed by atoms with E-state index < -0.39 is 17.1 Å². The summed E-state index contributed by atoms with van der Waals surface area (Å²) in [4.78, 5) is 13.8. The summed E-state index contributed by atoms with van der Waals surface area (Å²) in [6.07, 6.45) is 1.13. The van der Waals surface area contributed by atoms with Gasteiger partial charge < -0.3 is 4.98 Å². The number of fused-ring (bicyclic) bond motifs is 1. The SMILES string of the molecule is O=c1c(Cl)c[nH]c2c(F)ccc(F)c12. The molecule has 2 nitrogen and oxygen atoms in total. The van der Waals surface area contributed by atoms with Crippen LogP contribution in [-0.2, 0) is 0 Å². The number of rotatable bonds is 0. The molecule has 1 aromatic carbocycles. The molecule has 0 fully saturated rings. The minimum absolute atomic E-state index is 0.165. The molecular weight excluding hydrogens is 212 g/mol. The van der Waals surface area contributed by atoms with Gasteiger partial charge in [-0.05, 0) is 12.1 Å². The van der Waals surface area contributed by atoms with Crippen molar-refractivity contribution in [1.82, 2.24) is 4.98 Å². The van der Waals surface area contributed by atoms with Gasteiger partial charge in [-0.25, -0.2) is 8.78 Å². The normalized spacial score (nSPS) is 10.8. The van der Waals surface area contributed by atoms with E-state index in [2.05, 4.69) is 4.98 Å². The number of aromatic amines is 1. The molecule has 0 bridgehead atoms. The number of hydrogen-bond acceptors (Lipinski definition) is 1. The van der Waals surface area contributed by atoms with E-state index in [1.807, 2.05) is 0 Å². The maximum Gasteiger partial charge on any atom is 0.211 e. The first kappa shape index (κ1) is 9.15. The minimum Gasteiger partial charge on any atom is -0.357 e. The molecule has 0 aliphatic carbocycles. The molecule has 72 valence electrons. The summed E-state index contributed by atoms with van der Waals surface area (Å²) >= 11 is 5.48. The van der Waals surface area contributed by atoms with E-state index >= 15 is 0 Å². The number of H-pyrrole nitrogens is 1. The highest BCUT2D eigenvalue weighted by Crippen LogP contribution is 2.17. The van der Waals surface area contributed by atoms with E-state index in [-0.39, 0.29) is 15.9 Å². The predicted molar refractivity (Wildman–Crippen MR) is 49.5 cm³/mol. The van der Waals surface area contributed by atoms with E-state index in [1.54, 1.807) is 0 Å². The van der Waals surface area contributed by atoms with Gasteiger partial charge in [-0.1, -0.05) is 11.6 Å². The van der Waals surface area contributed by atoms with Crippen molar-refractivity contribution in [2.24, 2.45) is 0 Å². The Bertz CT molecular complexity index is 564. The third kappa shape index (κ3) is 1.19. The van der Waals surface area contributed by atoms with Gasteiger partial charge >= 0.3 is 0 Å².